The molecule has 0 saturated carbocycles. The molecule has 2 heterocycles. The number of nitro groups is 1. The average molecular weight is 610 g/mol. The molecule has 40 heavy (non-hydrogen) atoms. The SMILES string of the molecule is CNC(=O)C1C(NC(=O)/C(=N\OCC(=O)OCc2ccc([N+](=O)[O-])cc2)c2csc(N)n2)C(=O)N1S(=O)(=O)O.[H-].[Na+]. The second kappa shape index (κ2) is 13.6. The Bertz CT molecular complexity index is 1450. The van der Waals surface area contributed by atoms with Crippen LogP contribution in [0.2, 0.25) is 0 Å². The number of carbonyl (C=O) groups is 4. The van der Waals surface area contributed by atoms with Gasteiger partial charge in [-0.25, -0.2) is 9.78 Å². The monoisotopic (exact) mass is 609 g/mol. The van der Waals surface area contributed by atoms with E-state index < -0.39 is 63.3 Å². The van der Waals surface area contributed by atoms with Crippen molar-refractivity contribution in [2.45, 2.75) is 18.7 Å². The van der Waals surface area contributed by atoms with Gasteiger partial charge in [-0.15, -0.1) is 11.3 Å². The second-order valence-electron chi connectivity index (χ2n) is 7.49. The summed E-state index contributed by atoms with van der Waals surface area (Å²) in [6.45, 7) is -1.03. The first-order chi connectivity index (χ1) is 18.3. The van der Waals surface area contributed by atoms with E-state index in [1.807, 2.05) is 0 Å². The number of hydrogen-bond acceptors (Lipinski definition) is 14. The number of nitrogens with one attached hydrogen (secondary N) is 2. The number of esters is 1. The molecule has 2 atom stereocenters. The molecule has 1 aromatic heterocycles. The summed E-state index contributed by atoms with van der Waals surface area (Å²) in [5.41, 5.74) is 5.17. The molecule has 18 nitrogen and oxygen atoms in total. The summed E-state index contributed by atoms with van der Waals surface area (Å²) in [7, 11) is -3.96. The molecule has 1 aliphatic heterocycles. The fraction of sp³-hybridized carbons (Fsp3) is 0.263. The molecule has 2 aromatic rings. The summed E-state index contributed by atoms with van der Waals surface area (Å²) >= 11 is 0.915. The first-order valence-corrected chi connectivity index (χ1v) is 12.7. The second-order valence-corrected chi connectivity index (χ2v) is 9.67. The van der Waals surface area contributed by atoms with E-state index in [1.165, 1.54) is 29.6 Å². The zero-order valence-corrected chi connectivity index (χ0v) is 24.3. The number of aromatic nitrogens is 1. The van der Waals surface area contributed by atoms with Gasteiger partial charge in [0.1, 0.15) is 18.3 Å². The smallest absolute Gasteiger partial charge is 1.00 e. The number of likely N-dealkylation sites (N-methyl/N-ethyl adjacent to an activating group) is 1. The Morgan fingerprint density at radius 1 is 1.32 bits per heavy atom. The van der Waals surface area contributed by atoms with Crippen molar-refractivity contribution >= 4 is 61.9 Å². The molecular weight excluding hydrogens is 589 g/mol. The summed E-state index contributed by atoms with van der Waals surface area (Å²) in [6, 6.07) is 1.73. The van der Waals surface area contributed by atoms with E-state index >= 15 is 0 Å². The van der Waals surface area contributed by atoms with Crippen LogP contribution < -0.4 is 45.9 Å². The van der Waals surface area contributed by atoms with Gasteiger partial charge in [-0.2, -0.15) is 12.7 Å². The Morgan fingerprint density at radius 2 is 1.98 bits per heavy atom. The molecule has 0 spiro atoms. The third kappa shape index (κ3) is 7.70. The number of β-lactam (4-membered cyclic amide) rings is 1. The number of thiazole rings is 1. The number of nitrogens with zero attached hydrogens (tertiary/aromatic N) is 4. The van der Waals surface area contributed by atoms with Gasteiger partial charge in [0.15, 0.2) is 16.9 Å². The fourth-order valence-electron chi connectivity index (χ4n) is 3.15. The minimum absolute atomic E-state index is 0. The van der Waals surface area contributed by atoms with E-state index in [9.17, 15) is 42.3 Å². The van der Waals surface area contributed by atoms with E-state index in [1.54, 1.807) is 0 Å². The fourth-order valence-corrected chi connectivity index (χ4v) is 4.54. The largest absolute Gasteiger partial charge is 1.00 e. The van der Waals surface area contributed by atoms with E-state index in [-0.39, 0.29) is 58.4 Å². The first-order valence-electron chi connectivity index (χ1n) is 10.5. The molecule has 210 valence electrons. The van der Waals surface area contributed by atoms with Gasteiger partial charge in [-0.1, -0.05) is 5.16 Å². The van der Waals surface area contributed by atoms with Gasteiger partial charge in [0, 0.05) is 24.6 Å². The maximum Gasteiger partial charge on any atom is 1.00 e. The van der Waals surface area contributed by atoms with E-state index in [0.717, 1.165) is 18.4 Å². The predicted octanol–water partition coefficient (Wildman–Crippen LogP) is -4.54. The molecule has 3 rings (SSSR count). The van der Waals surface area contributed by atoms with Crippen LogP contribution in [0.15, 0.2) is 34.8 Å². The number of anilines is 1. The normalized spacial score (nSPS) is 16.7. The number of carbonyl (C=O) groups excluding carboxylic acids is 4. The molecule has 1 fully saturated rings. The average Bonchev–Trinajstić information content (AvgIpc) is 3.31. The molecule has 21 heteroatoms. The Hall–Kier alpha value is -3.69. The topological polar surface area (TPSA) is 263 Å². The minimum atomic E-state index is -5.10. The standard InChI is InChI=1S/C19H19N7O11S2.Na.H/c1-21-17(29)15-14(18(30)25(15)39(33,34)35)23-16(28)13(11-8-38-19(20)22-11)24-37-7-12(27)36-6-9-2-4-10(5-3-9)26(31)32;;/h2-5,8,14-15H,6-7H2,1H3,(H2,20,22)(H,21,29)(H,23,28)(H,33,34,35);;/q;+1;-1/b24-13-;;. The summed E-state index contributed by atoms with van der Waals surface area (Å²) < 4.78 is 37.0. The predicted molar refractivity (Wildman–Crippen MR) is 131 cm³/mol. The van der Waals surface area contributed by atoms with Crippen LogP contribution in [0.4, 0.5) is 10.8 Å². The maximum atomic E-state index is 12.9. The number of nitrogen functional groups attached to an aromatic ring is 1. The van der Waals surface area contributed by atoms with Gasteiger partial charge >= 0.3 is 45.8 Å². The molecular formula is C19H20N7NaO11S2. The first kappa shape index (κ1) is 32.5. The summed E-state index contributed by atoms with van der Waals surface area (Å²) in [4.78, 5) is 68.1. The molecule has 2 unspecified atom stereocenters. The molecule has 5 N–H and O–H groups in total. The van der Waals surface area contributed by atoms with Crippen molar-refractivity contribution in [2.24, 2.45) is 5.16 Å². The van der Waals surface area contributed by atoms with Gasteiger partial charge in [-0.05, 0) is 17.7 Å². The Kier molecular flexibility index (Phi) is 11.0. The summed E-state index contributed by atoms with van der Waals surface area (Å²) in [6.07, 6.45) is 0. The van der Waals surface area contributed by atoms with Crippen molar-refractivity contribution in [2.75, 3.05) is 19.4 Å². The van der Waals surface area contributed by atoms with Gasteiger partial charge in [-0.3, -0.25) is 29.1 Å². The number of oxime groups is 1. The summed E-state index contributed by atoms with van der Waals surface area (Å²) in [5, 5.41) is 19.8. The number of amides is 3. The van der Waals surface area contributed by atoms with Crippen LogP contribution in [0.1, 0.15) is 12.7 Å². The molecule has 3 amide bonds. The van der Waals surface area contributed by atoms with Crippen LogP contribution in [0, 0.1) is 10.1 Å². The Morgan fingerprint density at radius 3 is 2.50 bits per heavy atom. The van der Waals surface area contributed by atoms with Crippen molar-refractivity contribution in [1.82, 2.24) is 19.9 Å². The number of ether oxygens (including phenoxy) is 1. The molecule has 1 aromatic carbocycles. The number of non-ortho nitro benzene ring substituents is 1. The van der Waals surface area contributed by atoms with Crippen molar-refractivity contribution in [3.8, 4) is 0 Å². The number of benzene rings is 1. The van der Waals surface area contributed by atoms with Crippen LogP contribution >= 0.6 is 11.3 Å². The number of hydrogen-bond donors (Lipinski definition) is 4. The van der Waals surface area contributed by atoms with Gasteiger partial charge in [0.2, 0.25) is 12.5 Å². The molecule has 0 aliphatic carbocycles. The van der Waals surface area contributed by atoms with Gasteiger partial charge < -0.3 is 27.4 Å². The zero-order valence-electron chi connectivity index (χ0n) is 21.7. The number of nitro benzene ring substituents is 1. The van der Waals surface area contributed by atoms with E-state index in [0.29, 0.717) is 5.56 Å². The van der Waals surface area contributed by atoms with Crippen LogP contribution in [-0.4, -0.2) is 82.3 Å². The van der Waals surface area contributed by atoms with Gasteiger partial charge in [0.25, 0.3) is 17.5 Å². The van der Waals surface area contributed by atoms with Crippen molar-refractivity contribution in [3.63, 3.8) is 0 Å². The quantitative estimate of drug-likeness (QED) is 0.0356. The molecule has 1 aliphatic rings. The van der Waals surface area contributed by atoms with E-state index in [2.05, 4.69) is 20.8 Å². The maximum absolute atomic E-state index is 12.9. The Balaban J connectivity index is 0.00000420. The van der Waals surface area contributed by atoms with Crippen LogP contribution in [0.25, 0.3) is 0 Å². The molecule has 0 radical (unpaired) electrons. The zero-order chi connectivity index (χ0) is 28.9. The van der Waals surface area contributed by atoms with Crippen LogP contribution in [0.3, 0.4) is 0 Å². The number of rotatable bonds is 11. The molecule has 1 saturated heterocycles. The molecule has 0 bridgehead atoms. The minimum Gasteiger partial charge on any atom is -1.00 e. The third-order valence-corrected chi connectivity index (χ3v) is 6.54. The van der Waals surface area contributed by atoms with Crippen LogP contribution in [-0.2, 0) is 45.7 Å². The number of nitrogens with two attached hydrogens (primary N) is 1. The van der Waals surface area contributed by atoms with Crippen molar-refractivity contribution < 1.29 is 77.6 Å². The van der Waals surface area contributed by atoms with Gasteiger partial charge in [0.05, 0.1) is 4.92 Å². The van der Waals surface area contributed by atoms with E-state index in [4.69, 9.17) is 15.3 Å². The summed E-state index contributed by atoms with van der Waals surface area (Å²) in [5.74, 6) is -4.37. The van der Waals surface area contributed by atoms with Crippen LogP contribution in [0.5, 0.6) is 0 Å². The van der Waals surface area contributed by atoms with Crippen molar-refractivity contribution in [3.05, 3.63) is 51.0 Å². The third-order valence-electron chi connectivity index (χ3n) is 4.97. The van der Waals surface area contributed by atoms with Crippen molar-refractivity contribution in [1.29, 1.82) is 0 Å². The Labute approximate surface area is 252 Å².